The predicted molar refractivity (Wildman–Crippen MR) is 283 cm³/mol. The molecule has 0 saturated heterocycles. The molecule has 74 heavy (non-hydrogen) atoms. The van der Waals surface area contributed by atoms with E-state index in [1.807, 2.05) is 181 Å². The second kappa shape index (κ2) is 16.7. The monoisotopic (exact) mass is 975 g/mol. The zero-order valence-corrected chi connectivity index (χ0v) is 39.2. The summed E-state index contributed by atoms with van der Waals surface area (Å²) in [5.74, 6) is -8.47. The molecule has 0 aliphatic heterocycles. The average molecular weight is 976 g/mol. The average Bonchev–Trinajstić information content (AvgIpc) is 4.09. The normalized spacial score (nSPS) is 16.2. The lowest BCUT2D eigenvalue weighted by atomic mass is 9.67. The smallest absolute Gasteiger partial charge is 0.194 e. The molecule has 11 aromatic rings. The van der Waals surface area contributed by atoms with E-state index in [1.54, 1.807) is 12.2 Å². The van der Waals surface area contributed by atoms with E-state index in [9.17, 15) is 0 Å². The van der Waals surface area contributed by atoms with Crippen LogP contribution in [0.4, 0.5) is 43.4 Å². The van der Waals surface area contributed by atoms with Crippen molar-refractivity contribution in [3.05, 3.63) is 304 Å². The Kier molecular flexibility index (Phi) is 10.1. The van der Waals surface area contributed by atoms with Crippen LogP contribution in [0.5, 0.6) is 0 Å². The van der Waals surface area contributed by atoms with E-state index >= 15 is 26.3 Å². The van der Waals surface area contributed by atoms with E-state index in [-0.39, 0.29) is 11.1 Å². The van der Waals surface area contributed by atoms with Gasteiger partial charge in [-0.2, -0.15) is 0 Å². The lowest BCUT2D eigenvalue weighted by Gasteiger charge is -2.36. The predicted octanol–water partition coefficient (Wildman–Crippen LogP) is 17.9. The van der Waals surface area contributed by atoms with E-state index < -0.39 is 45.7 Å². The van der Waals surface area contributed by atoms with Gasteiger partial charge < -0.3 is 9.32 Å². The Balaban J connectivity index is 1.14. The lowest BCUT2D eigenvalue weighted by molar-refractivity contribution is 0.435. The molecule has 8 heteroatoms. The van der Waals surface area contributed by atoms with Crippen molar-refractivity contribution in [3.63, 3.8) is 0 Å². The summed E-state index contributed by atoms with van der Waals surface area (Å²) >= 11 is 0. The van der Waals surface area contributed by atoms with Crippen molar-refractivity contribution >= 4 is 51.2 Å². The maximum absolute atomic E-state index is 17.0. The first kappa shape index (κ1) is 44.8. The fraction of sp³-hybridized carbons (Fsp3) is 0.0303. The van der Waals surface area contributed by atoms with Crippen LogP contribution in [0.3, 0.4) is 0 Å². The van der Waals surface area contributed by atoms with Crippen molar-refractivity contribution < 1.29 is 30.8 Å². The third-order valence-electron chi connectivity index (χ3n) is 15.2. The van der Waals surface area contributed by atoms with Crippen molar-refractivity contribution in [1.29, 1.82) is 0 Å². The number of nitrogens with zero attached hydrogens (tertiary/aromatic N) is 1. The Morgan fingerprint density at radius 3 is 1.32 bits per heavy atom. The molecule has 2 aliphatic rings. The van der Waals surface area contributed by atoms with E-state index in [1.165, 1.54) is 12.1 Å². The largest absolute Gasteiger partial charge is 0.454 e. The van der Waals surface area contributed by atoms with E-state index in [2.05, 4.69) is 13.2 Å². The third-order valence-corrected chi connectivity index (χ3v) is 15.2. The summed E-state index contributed by atoms with van der Waals surface area (Å²) < 4.78 is 103. The standard InChI is InChI=1S/C66H39F6NO/c1-3-38-20-24-40(25-21-38)65(52-32-34-56(67)62(71)60(52)69)50-16-8-5-12-44(50)46-30-28-42(36-54(46)65)73(58-18-11-15-49-48-14-7-10-19-59(48)74-64(49)58)43-29-31-47-45-13-6-9-17-51(45)66(55(47)37-43,41-26-22-39(4-2)23-27-41)53-33-35-57(68)63(72)61(53)70/h3-37H,1-2H2. The van der Waals surface area contributed by atoms with E-state index in [0.29, 0.717) is 61.6 Å². The van der Waals surface area contributed by atoms with Gasteiger partial charge in [-0.3, -0.25) is 0 Å². The van der Waals surface area contributed by atoms with Crippen molar-refractivity contribution in [2.24, 2.45) is 0 Å². The van der Waals surface area contributed by atoms with E-state index in [0.717, 1.165) is 56.3 Å². The zero-order chi connectivity index (χ0) is 50.6. The maximum atomic E-state index is 17.0. The number of furan rings is 1. The van der Waals surface area contributed by atoms with Crippen LogP contribution < -0.4 is 4.90 Å². The minimum Gasteiger partial charge on any atom is -0.454 e. The zero-order valence-electron chi connectivity index (χ0n) is 39.2. The highest BCUT2D eigenvalue weighted by Gasteiger charge is 2.50. The summed E-state index contributed by atoms with van der Waals surface area (Å²) in [6.45, 7) is 7.88. The van der Waals surface area contributed by atoms with Crippen molar-refractivity contribution in [2.45, 2.75) is 10.8 Å². The Bertz CT molecular complexity index is 3950. The van der Waals surface area contributed by atoms with Crippen LogP contribution in [-0.4, -0.2) is 0 Å². The van der Waals surface area contributed by atoms with E-state index in [4.69, 9.17) is 4.42 Å². The summed E-state index contributed by atoms with van der Waals surface area (Å²) in [5.41, 5.74) is 7.97. The van der Waals surface area contributed by atoms with Crippen LogP contribution in [0.25, 0.3) is 56.3 Å². The summed E-state index contributed by atoms with van der Waals surface area (Å²) in [7, 11) is 0. The Hall–Kier alpha value is -9.14. The lowest BCUT2D eigenvalue weighted by Crippen LogP contribution is -2.31. The Morgan fingerprint density at radius 2 is 0.824 bits per heavy atom. The molecule has 0 bridgehead atoms. The van der Waals surface area contributed by atoms with Crippen molar-refractivity contribution in [2.75, 3.05) is 4.90 Å². The van der Waals surface area contributed by atoms with Crippen LogP contribution >= 0.6 is 0 Å². The highest BCUT2D eigenvalue weighted by Crippen LogP contribution is 2.61. The minimum absolute atomic E-state index is 0.0897. The number of halogens is 6. The molecule has 10 aromatic carbocycles. The number of para-hydroxylation sites is 2. The van der Waals surface area contributed by atoms with Crippen LogP contribution in [0, 0.1) is 34.9 Å². The number of fused-ring (bicyclic) bond motifs is 9. The van der Waals surface area contributed by atoms with Crippen molar-refractivity contribution in [1.82, 2.24) is 0 Å². The SMILES string of the molecule is C=Cc1ccc(C2(c3ccc(F)c(F)c3F)c3ccccc3-c3ccc(N(c4ccc5c(c4)C(c4ccc(C=C)cc4)(c4ccc(F)c(F)c4F)c4ccccc4-5)c4cccc5c4oc4ccccc45)cc32)cc1. The van der Waals surface area contributed by atoms with Crippen LogP contribution in [0.2, 0.25) is 0 Å². The van der Waals surface area contributed by atoms with Gasteiger partial charge in [-0.05, 0) is 115 Å². The van der Waals surface area contributed by atoms with Gasteiger partial charge in [0.2, 0.25) is 0 Å². The van der Waals surface area contributed by atoms with Gasteiger partial charge in [-0.1, -0.05) is 177 Å². The summed E-state index contributed by atoms with van der Waals surface area (Å²) in [5, 5.41) is 1.70. The fourth-order valence-corrected chi connectivity index (χ4v) is 12.0. The van der Waals surface area contributed by atoms with Gasteiger partial charge >= 0.3 is 0 Å². The second-order valence-corrected chi connectivity index (χ2v) is 18.7. The Morgan fingerprint density at radius 1 is 0.378 bits per heavy atom. The summed E-state index contributed by atoms with van der Waals surface area (Å²) in [6.07, 6.45) is 3.39. The maximum Gasteiger partial charge on any atom is 0.194 e. The molecule has 0 radical (unpaired) electrons. The molecular formula is C66H39F6NO. The number of hydrogen-bond donors (Lipinski definition) is 0. The first-order chi connectivity index (χ1) is 36.1. The molecule has 2 aliphatic carbocycles. The van der Waals surface area contributed by atoms with Gasteiger partial charge in [0, 0.05) is 33.3 Å². The molecule has 0 spiro atoms. The molecule has 356 valence electrons. The molecular weight excluding hydrogens is 937 g/mol. The highest BCUT2D eigenvalue weighted by atomic mass is 19.2. The number of rotatable bonds is 9. The highest BCUT2D eigenvalue weighted by molar-refractivity contribution is 6.10. The topological polar surface area (TPSA) is 16.4 Å². The molecule has 0 fully saturated rings. The summed E-state index contributed by atoms with van der Waals surface area (Å²) in [6, 6.07) is 59.9. The second-order valence-electron chi connectivity index (χ2n) is 18.7. The number of benzene rings is 10. The van der Waals surface area contributed by atoms with Crippen LogP contribution in [-0.2, 0) is 10.8 Å². The van der Waals surface area contributed by atoms with Gasteiger partial charge in [0.05, 0.1) is 16.5 Å². The van der Waals surface area contributed by atoms with Crippen LogP contribution in [0.1, 0.15) is 55.6 Å². The number of hydrogen-bond acceptors (Lipinski definition) is 2. The molecule has 0 saturated carbocycles. The van der Waals surface area contributed by atoms with Gasteiger partial charge in [0.25, 0.3) is 0 Å². The molecule has 1 heterocycles. The first-order valence-corrected chi connectivity index (χ1v) is 24.0. The first-order valence-electron chi connectivity index (χ1n) is 24.0. The van der Waals surface area contributed by atoms with Crippen molar-refractivity contribution in [3.8, 4) is 22.3 Å². The summed E-state index contributed by atoms with van der Waals surface area (Å²) in [4.78, 5) is 2.01. The molecule has 0 amide bonds. The van der Waals surface area contributed by atoms with Gasteiger partial charge in [-0.25, -0.2) is 26.3 Å². The molecule has 2 unspecified atom stereocenters. The number of anilines is 3. The Labute approximate surface area is 422 Å². The molecule has 2 nitrogen and oxygen atoms in total. The third kappa shape index (κ3) is 6.14. The van der Waals surface area contributed by atoms with Crippen LogP contribution in [0.15, 0.2) is 218 Å². The van der Waals surface area contributed by atoms with Gasteiger partial charge in [-0.15, -0.1) is 0 Å². The molecule has 0 N–H and O–H groups in total. The molecule has 2 atom stereocenters. The molecule has 13 rings (SSSR count). The molecule has 1 aromatic heterocycles. The van der Waals surface area contributed by atoms with Gasteiger partial charge in [0.1, 0.15) is 5.58 Å². The quantitative estimate of drug-likeness (QED) is 0.106. The fourth-order valence-electron chi connectivity index (χ4n) is 12.0. The minimum atomic E-state index is -1.59. The van der Waals surface area contributed by atoms with Gasteiger partial charge in [0.15, 0.2) is 40.5 Å².